The summed E-state index contributed by atoms with van der Waals surface area (Å²) < 4.78 is 6.35. The van der Waals surface area contributed by atoms with E-state index < -0.39 is 0 Å². The molecule has 0 radical (unpaired) electrons. The van der Waals surface area contributed by atoms with Crippen LogP contribution < -0.4 is 5.32 Å². The van der Waals surface area contributed by atoms with Gasteiger partial charge in [-0.05, 0) is 39.9 Å². The van der Waals surface area contributed by atoms with E-state index >= 15 is 0 Å². The molecule has 0 saturated carbocycles. The van der Waals surface area contributed by atoms with Gasteiger partial charge in [-0.25, -0.2) is 0 Å². The zero-order chi connectivity index (χ0) is 10.5. The average Bonchev–Trinajstić information content (AvgIpc) is 2.71. The number of hydrogen-bond acceptors (Lipinski definition) is 3. The van der Waals surface area contributed by atoms with Gasteiger partial charge >= 0.3 is 0 Å². The minimum atomic E-state index is 0.685. The van der Waals surface area contributed by atoms with Gasteiger partial charge in [0, 0.05) is 36.6 Å². The first-order valence-corrected chi connectivity index (χ1v) is 6.02. The lowest BCUT2D eigenvalue weighted by molar-refractivity contribution is 0.185. The van der Waals surface area contributed by atoms with E-state index in [-0.39, 0.29) is 0 Å². The van der Waals surface area contributed by atoms with Gasteiger partial charge in [0.25, 0.3) is 0 Å². The van der Waals surface area contributed by atoms with Gasteiger partial charge in [0.2, 0.25) is 0 Å². The normalized spacial score (nSPS) is 20.7. The molecule has 0 aromatic carbocycles. The number of nitrogens with one attached hydrogen (secondary N) is 1. The van der Waals surface area contributed by atoms with E-state index in [1.807, 2.05) is 6.20 Å². The van der Waals surface area contributed by atoms with Crippen LogP contribution in [0.25, 0.3) is 0 Å². The molecule has 82 valence electrons. The molecule has 0 amide bonds. The minimum Gasteiger partial charge on any atom is -0.381 e. The van der Waals surface area contributed by atoms with Gasteiger partial charge in [0.15, 0.2) is 0 Å². The molecular formula is C11H15BrN2O. The summed E-state index contributed by atoms with van der Waals surface area (Å²) in [6.07, 6.45) is 4.88. The smallest absolute Gasteiger partial charge is 0.0507 e. The molecule has 1 aliphatic heterocycles. The fraction of sp³-hybridized carbons (Fsp3) is 0.545. The van der Waals surface area contributed by atoms with Crippen molar-refractivity contribution in [1.82, 2.24) is 10.3 Å². The Kier molecular flexibility index (Phi) is 4.11. The first-order valence-electron chi connectivity index (χ1n) is 5.22. The van der Waals surface area contributed by atoms with Crippen molar-refractivity contribution in [3.05, 3.63) is 28.5 Å². The third-order valence-corrected chi connectivity index (χ3v) is 2.98. The van der Waals surface area contributed by atoms with Crippen LogP contribution in [0.15, 0.2) is 22.9 Å². The molecule has 3 nitrogen and oxygen atoms in total. The largest absolute Gasteiger partial charge is 0.381 e. The molecule has 1 aromatic heterocycles. The zero-order valence-corrected chi connectivity index (χ0v) is 10.2. The highest BCUT2D eigenvalue weighted by molar-refractivity contribution is 9.10. The standard InChI is InChI=1S/C11H15BrN2O/c12-11-3-10(6-14-7-11)5-13-4-9-1-2-15-8-9/h3,6-7,9,13H,1-2,4-5,8H2. The van der Waals surface area contributed by atoms with Crippen LogP contribution in [0, 0.1) is 5.92 Å². The molecule has 1 unspecified atom stereocenters. The summed E-state index contributed by atoms with van der Waals surface area (Å²) in [6.45, 7) is 3.74. The van der Waals surface area contributed by atoms with Crippen LogP contribution >= 0.6 is 15.9 Å². The molecule has 4 heteroatoms. The number of ether oxygens (including phenoxy) is 1. The van der Waals surface area contributed by atoms with E-state index in [1.54, 1.807) is 6.20 Å². The van der Waals surface area contributed by atoms with Gasteiger partial charge in [-0.3, -0.25) is 4.98 Å². The molecule has 1 atom stereocenters. The van der Waals surface area contributed by atoms with Crippen molar-refractivity contribution < 1.29 is 4.74 Å². The molecule has 0 aliphatic carbocycles. The number of aromatic nitrogens is 1. The third-order valence-electron chi connectivity index (χ3n) is 2.55. The van der Waals surface area contributed by atoms with Crippen LogP contribution in [0.5, 0.6) is 0 Å². The molecule has 1 aliphatic rings. The van der Waals surface area contributed by atoms with Crippen LogP contribution in [0.2, 0.25) is 0 Å². The van der Waals surface area contributed by atoms with Crippen molar-refractivity contribution in [1.29, 1.82) is 0 Å². The maximum atomic E-state index is 5.32. The summed E-state index contributed by atoms with van der Waals surface area (Å²) >= 11 is 3.41. The highest BCUT2D eigenvalue weighted by Crippen LogP contribution is 2.12. The lowest BCUT2D eigenvalue weighted by atomic mass is 10.1. The Morgan fingerprint density at radius 3 is 3.20 bits per heavy atom. The number of nitrogens with zero attached hydrogens (tertiary/aromatic N) is 1. The Bertz CT molecular complexity index is 313. The monoisotopic (exact) mass is 270 g/mol. The SMILES string of the molecule is Brc1cncc(CNCC2CCOC2)c1. The van der Waals surface area contributed by atoms with Gasteiger partial charge in [-0.2, -0.15) is 0 Å². The highest BCUT2D eigenvalue weighted by Gasteiger charge is 2.14. The maximum absolute atomic E-state index is 5.32. The summed E-state index contributed by atoms with van der Waals surface area (Å²) in [5.74, 6) is 0.685. The highest BCUT2D eigenvalue weighted by atomic mass is 79.9. The maximum Gasteiger partial charge on any atom is 0.0507 e. The fourth-order valence-corrected chi connectivity index (χ4v) is 2.13. The number of rotatable bonds is 4. The topological polar surface area (TPSA) is 34.2 Å². The van der Waals surface area contributed by atoms with Crippen LogP contribution in [0.4, 0.5) is 0 Å². The molecule has 15 heavy (non-hydrogen) atoms. The molecule has 1 fully saturated rings. The van der Waals surface area contributed by atoms with Gasteiger partial charge < -0.3 is 10.1 Å². The Balaban J connectivity index is 1.73. The third kappa shape index (κ3) is 3.55. The summed E-state index contributed by atoms with van der Waals surface area (Å²) in [7, 11) is 0. The Morgan fingerprint density at radius 1 is 1.53 bits per heavy atom. The predicted molar refractivity (Wildman–Crippen MR) is 62.6 cm³/mol. The summed E-state index contributed by atoms with van der Waals surface area (Å²) in [5, 5.41) is 3.43. The van der Waals surface area contributed by atoms with Crippen molar-refractivity contribution >= 4 is 15.9 Å². The number of pyridine rings is 1. The summed E-state index contributed by atoms with van der Waals surface area (Å²) in [5.41, 5.74) is 1.21. The van der Waals surface area contributed by atoms with Crippen molar-refractivity contribution in [2.45, 2.75) is 13.0 Å². The Hall–Kier alpha value is -0.450. The molecule has 1 aromatic rings. The summed E-state index contributed by atoms with van der Waals surface area (Å²) in [6, 6.07) is 2.09. The summed E-state index contributed by atoms with van der Waals surface area (Å²) in [4.78, 5) is 4.12. The lowest BCUT2D eigenvalue weighted by Gasteiger charge is -2.09. The molecule has 2 rings (SSSR count). The van der Waals surface area contributed by atoms with Crippen molar-refractivity contribution in [2.24, 2.45) is 5.92 Å². The van der Waals surface area contributed by atoms with Crippen molar-refractivity contribution in [3.8, 4) is 0 Å². The molecule has 2 heterocycles. The van der Waals surface area contributed by atoms with Crippen LogP contribution in [0.1, 0.15) is 12.0 Å². The van der Waals surface area contributed by atoms with Gasteiger partial charge in [-0.15, -0.1) is 0 Å². The average molecular weight is 271 g/mol. The Labute approximate surface area is 98.4 Å². The number of halogens is 1. The predicted octanol–water partition coefficient (Wildman–Crippen LogP) is 1.97. The quantitative estimate of drug-likeness (QED) is 0.909. The van der Waals surface area contributed by atoms with Gasteiger partial charge in [-0.1, -0.05) is 0 Å². The van der Waals surface area contributed by atoms with E-state index in [0.717, 1.165) is 30.8 Å². The molecule has 1 N–H and O–H groups in total. The van der Waals surface area contributed by atoms with Crippen molar-refractivity contribution in [2.75, 3.05) is 19.8 Å². The lowest BCUT2D eigenvalue weighted by Crippen LogP contribution is -2.22. The fourth-order valence-electron chi connectivity index (χ4n) is 1.72. The van der Waals surface area contributed by atoms with E-state index in [9.17, 15) is 0 Å². The first-order chi connectivity index (χ1) is 7.34. The molecular weight excluding hydrogens is 256 g/mol. The number of hydrogen-bond donors (Lipinski definition) is 1. The van der Waals surface area contributed by atoms with E-state index in [0.29, 0.717) is 5.92 Å². The zero-order valence-electron chi connectivity index (χ0n) is 8.58. The molecule has 0 bridgehead atoms. The van der Waals surface area contributed by atoms with E-state index in [4.69, 9.17) is 4.74 Å². The van der Waals surface area contributed by atoms with Crippen LogP contribution in [-0.2, 0) is 11.3 Å². The second-order valence-electron chi connectivity index (χ2n) is 3.87. The van der Waals surface area contributed by atoms with Crippen LogP contribution in [0.3, 0.4) is 0 Å². The second-order valence-corrected chi connectivity index (χ2v) is 4.79. The second kappa shape index (κ2) is 5.58. The van der Waals surface area contributed by atoms with E-state index in [2.05, 4.69) is 32.3 Å². The van der Waals surface area contributed by atoms with Crippen molar-refractivity contribution in [3.63, 3.8) is 0 Å². The Morgan fingerprint density at radius 2 is 2.47 bits per heavy atom. The first kappa shape index (κ1) is 11.0. The van der Waals surface area contributed by atoms with Gasteiger partial charge in [0.1, 0.15) is 0 Å². The minimum absolute atomic E-state index is 0.685. The molecule has 0 spiro atoms. The van der Waals surface area contributed by atoms with Gasteiger partial charge in [0.05, 0.1) is 6.61 Å². The molecule has 1 saturated heterocycles. The van der Waals surface area contributed by atoms with Crippen LogP contribution in [-0.4, -0.2) is 24.7 Å². The van der Waals surface area contributed by atoms with E-state index in [1.165, 1.54) is 12.0 Å².